The van der Waals surface area contributed by atoms with Crippen LogP contribution in [0.25, 0.3) is 11.6 Å². The molecule has 2 N–H and O–H groups in total. The third-order valence-corrected chi connectivity index (χ3v) is 2.37. The molecule has 2 rings (SSSR count). The fourth-order valence-corrected chi connectivity index (χ4v) is 1.44. The van der Waals surface area contributed by atoms with E-state index in [1.165, 1.54) is 0 Å². The minimum absolute atomic E-state index is 0.184. The van der Waals surface area contributed by atoms with Crippen LogP contribution in [0.2, 0.25) is 0 Å². The lowest BCUT2D eigenvalue weighted by Crippen LogP contribution is -2.10. The zero-order valence-electron chi connectivity index (χ0n) is 9.22. The van der Waals surface area contributed by atoms with Gasteiger partial charge in [0.2, 0.25) is 11.7 Å². The van der Waals surface area contributed by atoms with E-state index in [0.29, 0.717) is 17.5 Å². The summed E-state index contributed by atoms with van der Waals surface area (Å²) in [6.45, 7) is 2.12. The lowest BCUT2D eigenvalue weighted by molar-refractivity contribution is 0.346. The standard InChI is InChI=1S/C11H15N3O2/c1-2-3-5-8(12)11-13-10(14-16-11)9-6-4-7-15-9/h4,6-8H,2-3,5,12H2,1H3/t8-/m0/s1. The van der Waals surface area contributed by atoms with Gasteiger partial charge in [0.15, 0.2) is 5.76 Å². The zero-order valence-corrected chi connectivity index (χ0v) is 9.22. The van der Waals surface area contributed by atoms with E-state index in [1.807, 2.05) is 0 Å². The summed E-state index contributed by atoms with van der Waals surface area (Å²) in [7, 11) is 0. The lowest BCUT2D eigenvalue weighted by Gasteiger charge is -2.03. The summed E-state index contributed by atoms with van der Waals surface area (Å²) >= 11 is 0. The van der Waals surface area contributed by atoms with Crippen LogP contribution >= 0.6 is 0 Å². The Balaban J connectivity index is 2.07. The number of furan rings is 1. The summed E-state index contributed by atoms with van der Waals surface area (Å²) in [5.41, 5.74) is 5.92. The number of nitrogens with two attached hydrogens (primary N) is 1. The van der Waals surface area contributed by atoms with Crippen molar-refractivity contribution in [1.82, 2.24) is 10.1 Å². The number of rotatable bonds is 5. The number of nitrogens with zero attached hydrogens (tertiary/aromatic N) is 2. The fourth-order valence-electron chi connectivity index (χ4n) is 1.44. The Bertz CT molecular complexity index is 422. The van der Waals surface area contributed by atoms with Gasteiger partial charge in [-0.15, -0.1) is 0 Å². The minimum Gasteiger partial charge on any atom is -0.461 e. The summed E-state index contributed by atoms with van der Waals surface area (Å²) < 4.78 is 10.3. The van der Waals surface area contributed by atoms with Crippen molar-refractivity contribution in [2.45, 2.75) is 32.2 Å². The molecule has 0 bridgehead atoms. The van der Waals surface area contributed by atoms with Gasteiger partial charge in [-0.3, -0.25) is 0 Å². The second kappa shape index (κ2) is 4.94. The van der Waals surface area contributed by atoms with Crippen molar-refractivity contribution >= 4 is 0 Å². The molecule has 2 aromatic heterocycles. The Kier molecular flexibility index (Phi) is 3.36. The van der Waals surface area contributed by atoms with Crippen molar-refractivity contribution in [3.8, 4) is 11.6 Å². The third-order valence-electron chi connectivity index (χ3n) is 2.37. The van der Waals surface area contributed by atoms with Gasteiger partial charge in [0.05, 0.1) is 12.3 Å². The van der Waals surface area contributed by atoms with Crippen LogP contribution in [0.4, 0.5) is 0 Å². The first-order chi connectivity index (χ1) is 7.81. The first kappa shape index (κ1) is 10.9. The second-order valence-corrected chi connectivity index (χ2v) is 3.68. The monoisotopic (exact) mass is 221 g/mol. The highest BCUT2D eigenvalue weighted by Gasteiger charge is 2.16. The molecule has 0 aromatic carbocycles. The van der Waals surface area contributed by atoms with Crippen LogP contribution in [0.1, 0.15) is 38.1 Å². The summed E-state index contributed by atoms with van der Waals surface area (Å²) in [6.07, 6.45) is 4.59. The van der Waals surface area contributed by atoms with E-state index in [1.54, 1.807) is 18.4 Å². The molecule has 86 valence electrons. The highest BCUT2D eigenvalue weighted by molar-refractivity contribution is 5.44. The van der Waals surface area contributed by atoms with Crippen molar-refractivity contribution in [2.24, 2.45) is 5.73 Å². The largest absolute Gasteiger partial charge is 0.461 e. The van der Waals surface area contributed by atoms with E-state index in [2.05, 4.69) is 17.1 Å². The molecule has 0 spiro atoms. The molecule has 0 aliphatic rings. The molecule has 0 saturated carbocycles. The molecule has 5 nitrogen and oxygen atoms in total. The second-order valence-electron chi connectivity index (χ2n) is 3.68. The molecule has 0 saturated heterocycles. The molecule has 0 radical (unpaired) electrons. The van der Waals surface area contributed by atoms with E-state index in [9.17, 15) is 0 Å². The van der Waals surface area contributed by atoms with Crippen molar-refractivity contribution < 1.29 is 8.94 Å². The lowest BCUT2D eigenvalue weighted by atomic mass is 10.1. The molecule has 1 atom stereocenters. The molecule has 2 aromatic rings. The Morgan fingerprint density at radius 1 is 1.50 bits per heavy atom. The topological polar surface area (TPSA) is 78.1 Å². The smallest absolute Gasteiger partial charge is 0.243 e. The van der Waals surface area contributed by atoms with E-state index < -0.39 is 0 Å². The molecule has 16 heavy (non-hydrogen) atoms. The summed E-state index contributed by atoms with van der Waals surface area (Å²) in [6, 6.07) is 3.38. The Hall–Kier alpha value is -1.62. The minimum atomic E-state index is -0.184. The number of aromatic nitrogens is 2. The summed E-state index contributed by atoms with van der Waals surface area (Å²) in [5.74, 6) is 1.52. The average molecular weight is 221 g/mol. The van der Waals surface area contributed by atoms with Gasteiger partial charge < -0.3 is 14.7 Å². The van der Waals surface area contributed by atoms with Crippen molar-refractivity contribution in [3.63, 3.8) is 0 Å². The first-order valence-corrected chi connectivity index (χ1v) is 5.44. The van der Waals surface area contributed by atoms with Gasteiger partial charge in [0.25, 0.3) is 0 Å². The normalized spacial score (nSPS) is 12.9. The van der Waals surface area contributed by atoms with E-state index in [0.717, 1.165) is 19.3 Å². The Labute approximate surface area is 93.6 Å². The molecule has 0 amide bonds. The highest BCUT2D eigenvalue weighted by Crippen LogP contribution is 2.20. The van der Waals surface area contributed by atoms with Crippen LogP contribution in [-0.2, 0) is 0 Å². The van der Waals surface area contributed by atoms with E-state index in [4.69, 9.17) is 14.7 Å². The van der Waals surface area contributed by atoms with Crippen molar-refractivity contribution in [3.05, 3.63) is 24.3 Å². The van der Waals surface area contributed by atoms with Gasteiger partial charge in [-0.2, -0.15) is 4.98 Å². The maximum absolute atomic E-state index is 5.92. The van der Waals surface area contributed by atoms with Crippen molar-refractivity contribution in [2.75, 3.05) is 0 Å². The number of unbranched alkanes of at least 4 members (excludes halogenated alkanes) is 1. The maximum atomic E-state index is 5.92. The van der Waals surface area contributed by atoms with Gasteiger partial charge in [0, 0.05) is 0 Å². The van der Waals surface area contributed by atoms with Crippen molar-refractivity contribution in [1.29, 1.82) is 0 Å². The highest BCUT2D eigenvalue weighted by atomic mass is 16.5. The molecule has 5 heteroatoms. The summed E-state index contributed by atoms with van der Waals surface area (Å²) in [4.78, 5) is 4.21. The van der Waals surface area contributed by atoms with Crippen LogP contribution in [0.5, 0.6) is 0 Å². The van der Waals surface area contributed by atoms with E-state index >= 15 is 0 Å². The molecular weight excluding hydrogens is 206 g/mol. The van der Waals surface area contributed by atoms with Gasteiger partial charge >= 0.3 is 0 Å². The molecule has 0 aliphatic heterocycles. The predicted octanol–water partition coefficient (Wildman–Crippen LogP) is 2.52. The van der Waals surface area contributed by atoms with Crippen LogP contribution in [0.15, 0.2) is 27.3 Å². The SMILES string of the molecule is CCCC[C@H](N)c1nc(-c2ccco2)no1. The zero-order chi connectivity index (χ0) is 11.4. The average Bonchev–Trinajstić information content (AvgIpc) is 2.94. The van der Waals surface area contributed by atoms with Gasteiger partial charge in [-0.05, 0) is 18.6 Å². The predicted molar refractivity (Wildman–Crippen MR) is 58.5 cm³/mol. The van der Waals surface area contributed by atoms with Crippen LogP contribution < -0.4 is 5.73 Å². The van der Waals surface area contributed by atoms with Gasteiger partial charge in [0.1, 0.15) is 0 Å². The fraction of sp³-hybridized carbons (Fsp3) is 0.455. The third kappa shape index (κ3) is 2.30. The molecule has 0 unspecified atom stereocenters. The quantitative estimate of drug-likeness (QED) is 0.839. The Morgan fingerprint density at radius 3 is 3.06 bits per heavy atom. The first-order valence-electron chi connectivity index (χ1n) is 5.44. The van der Waals surface area contributed by atoms with Gasteiger partial charge in [-0.25, -0.2) is 0 Å². The van der Waals surface area contributed by atoms with Crippen LogP contribution in [0, 0.1) is 0 Å². The molecule has 0 fully saturated rings. The number of hydrogen-bond acceptors (Lipinski definition) is 5. The molecular formula is C11H15N3O2. The summed E-state index contributed by atoms with van der Waals surface area (Å²) in [5, 5.41) is 3.83. The van der Waals surface area contributed by atoms with Crippen LogP contribution in [0.3, 0.4) is 0 Å². The maximum Gasteiger partial charge on any atom is 0.243 e. The number of hydrogen-bond donors (Lipinski definition) is 1. The molecule has 0 aliphatic carbocycles. The molecule has 2 heterocycles. The van der Waals surface area contributed by atoms with Crippen LogP contribution in [-0.4, -0.2) is 10.1 Å². The van der Waals surface area contributed by atoms with E-state index in [-0.39, 0.29) is 6.04 Å². The van der Waals surface area contributed by atoms with Gasteiger partial charge in [-0.1, -0.05) is 24.9 Å². The Morgan fingerprint density at radius 2 is 2.38 bits per heavy atom.